The third-order valence-corrected chi connectivity index (χ3v) is 2.85. The van der Waals surface area contributed by atoms with E-state index in [2.05, 4.69) is 26.9 Å². The van der Waals surface area contributed by atoms with Gasteiger partial charge < -0.3 is 4.90 Å². The first kappa shape index (κ1) is 11.8. The summed E-state index contributed by atoms with van der Waals surface area (Å²) >= 11 is 9.57. The first-order valence-corrected chi connectivity index (χ1v) is 5.53. The highest BCUT2D eigenvalue weighted by atomic mass is 79.9. The summed E-state index contributed by atoms with van der Waals surface area (Å²) in [5.74, 6) is 0. The minimum absolute atomic E-state index is 0.773. The molecule has 1 nitrogen and oxygen atoms in total. The topological polar surface area (TPSA) is 3.24 Å². The summed E-state index contributed by atoms with van der Waals surface area (Å²) in [6, 6.07) is 7.80. The van der Waals surface area contributed by atoms with Crippen molar-refractivity contribution in [2.24, 2.45) is 0 Å². The van der Waals surface area contributed by atoms with E-state index in [1.807, 2.05) is 38.4 Å². The predicted molar refractivity (Wildman–Crippen MR) is 66.9 cm³/mol. The van der Waals surface area contributed by atoms with Gasteiger partial charge in [-0.15, -0.1) is 0 Å². The summed E-state index contributed by atoms with van der Waals surface area (Å²) in [5, 5.41) is 0.773. The van der Waals surface area contributed by atoms with Gasteiger partial charge in [0.05, 0.1) is 0 Å². The SMILES string of the molecule is CN(C)C/C=C(/Br)c1ccccc1Cl. The fourth-order valence-electron chi connectivity index (χ4n) is 1.03. The van der Waals surface area contributed by atoms with Crippen molar-refractivity contribution in [1.29, 1.82) is 0 Å². The Morgan fingerprint density at radius 2 is 2.07 bits per heavy atom. The minimum atomic E-state index is 0.773. The van der Waals surface area contributed by atoms with Crippen LogP contribution in [0, 0.1) is 0 Å². The number of nitrogens with zero attached hydrogens (tertiary/aromatic N) is 1. The highest BCUT2D eigenvalue weighted by Crippen LogP contribution is 2.27. The third kappa shape index (κ3) is 3.45. The molecule has 1 aromatic carbocycles. The molecule has 0 saturated heterocycles. The quantitative estimate of drug-likeness (QED) is 0.813. The van der Waals surface area contributed by atoms with E-state index >= 15 is 0 Å². The largest absolute Gasteiger partial charge is 0.306 e. The molecule has 0 amide bonds. The Kier molecular flexibility index (Phi) is 4.66. The standard InChI is InChI=1S/C11H13BrClN/c1-14(2)8-7-10(12)9-5-3-4-6-11(9)13/h3-7H,8H2,1-2H3/b10-7+. The molecular formula is C11H13BrClN. The number of likely N-dealkylation sites (N-methyl/N-ethyl adjacent to an activating group) is 1. The van der Waals surface area contributed by atoms with Gasteiger partial charge in [-0.1, -0.05) is 51.8 Å². The number of halogens is 2. The molecule has 1 aromatic rings. The van der Waals surface area contributed by atoms with Crippen LogP contribution in [-0.2, 0) is 0 Å². The molecule has 0 atom stereocenters. The zero-order valence-electron chi connectivity index (χ0n) is 8.30. The maximum atomic E-state index is 6.05. The smallest absolute Gasteiger partial charge is 0.0489 e. The van der Waals surface area contributed by atoms with Crippen molar-refractivity contribution in [3.63, 3.8) is 0 Å². The molecule has 0 spiro atoms. The molecule has 0 N–H and O–H groups in total. The molecule has 0 aliphatic heterocycles. The highest BCUT2D eigenvalue weighted by molar-refractivity contribution is 9.15. The van der Waals surface area contributed by atoms with E-state index in [4.69, 9.17) is 11.6 Å². The molecule has 0 unspecified atom stereocenters. The highest BCUT2D eigenvalue weighted by Gasteiger charge is 2.01. The first-order valence-electron chi connectivity index (χ1n) is 4.36. The Morgan fingerprint density at radius 3 is 2.64 bits per heavy atom. The van der Waals surface area contributed by atoms with Crippen molar-refractivity contribution in [1.82, 2.24) is 4.90 Å². The van der Waals surface area contributed by atoms with Crippen LogP contribution in [0.1, 0.15) is 5.56 Å². The van der Waals surface area contributed by atoms with Gasteiger partial charge in [-0.3, -0.25) is 0 Å². The van der Waals surface area contributed by atoms with Crippen molar-refractivity contribution in [2.75, 3.05) is 20.6 Å². The average molecular weight is 275 g/mol. The fourth-order valence-corrected chi connectivity index (χ4v) is 1.87. The molecule has 0 bridgehead atoms. The summed E-state index contributed by atoms with van der Waals surface area (Å²) < 4.78 is 1.04. The van der Waals surface area contributed by atoms with E-state index in [9.17, 15) is 0 Å². The lowest BCUT2D eigenvalue weighted by molar-refractivity contribution is 0.457. The van der Waals surface area contributed by atoms with Crippen molar-refractivity contribution in [3.8, 4) is 0 Å². The van der Waals surface area contributed by atoms with E-state index < -0.39 is 0 Å². The Bertz CT molecular complexity index is 334. The molecule has 0 aromatic heterocycles. The predicted octanol–water partition coefficient (Wildman–Crippen LogP) is 3.64. The fraction of sp³-hybridized carbons (Fsp3) is 0.273. The van der Waals surface area contributed by atoms with Crippen molar-refractivity contribution >= 4 is 32.0 Å². The summed E-state index contributed by atoms with van der Waals surface area (Å²) in [5.41, 5.74) is 1.04. The van der Waals surface area contributed by atoms with Crippen LogP contribution in [0.3, 0.4) is 0 Å². The summed E-state index contributed by atoms with van der Waals surface area (Å²) in [6.45, 7) is 0.895. The first-order chi connectivity index (χ1) is 6.61. The second kappa shape index (κ2) is 5.54. The van der Waals surface area contributed by atoms with Crippen LogP contribution in [0.25, 0.3) is 4.48 Å². The molecule has 14 heavy (non-hydrogen) atoms. The molecule has 0 fully saturated rings. The van der Waals surface area contributed by atoms with E-state index in [1.165, 1.54) is 0 Å². The van der Waals surface area contributed by atoms with Crippen molar-refractivity contribution < 1.29 is 0 Å². The maximum Gasteiger partial charge on any atom is 0.0489 e. The number of rotatable bonds is 3. The number of hydrogen-bond donors (Lipinski definition) is 0. The monoisotopic (exact) mass is 273 g/mol. The second-order valence-electron chi connectivity index (χ2n) is 3.29. The van der Waals surface area contributed by atoms with Crippen LogP contribution in [-0.4, -0.2) is 25.5 Å². The van der Waals surface area contributed by atoms with Gasteiger partial charge in [0.15, 0.2) is 0 Å². The molecule has 1 rings (SSSR count). The van der Waals surface area contributed by atoms with Gasteiger partial charge in [-0.05, 0) is 20.2 Å². The Hall–Kier alpha value is -0.310. The Labute approximate surface area is 98.5 Å². The lowest BCUT2D eigenvalue weighted by Gasteiger charge is -2.07. The molecular weight excluding hydrogens is 261 g/mol. The van der Waals surface area contributed by atoms with Gasteiger partial charge in [0.25, 0.3) is 0 Å². The average Bonchev–Trinajstić information content (AvgIpc) is 2.15. The van der Waals surface area contributed by atoms with Crippen molar-refractivity contribution in [3.05, 3.63) is 40.9 Å². The van der Waals surface area contributed by atoms with Crippen LogP contribution in [0.5, 0.6) is 0 Å². The van der Waals surface area contributed by atoms with Crippen LogP contribution < -0.4 is 0 Å². The number of benzene rings is 1. The molecule has 0 aliphatic rings. The third-order valence-electron chi connectivity index (χ3n) is 1.77. The Balaban J connectivity index is 2.84. The maximum absolute atomic E-state index is 6.05. The summed E-state index contributed by atoms with van der Waals surface area (Å²) in [7, 11) is 4.06. The summed E-state index contributed by atoms with van der Waals surface area (Å²) in [4.78, 5) is 2.10. The zero-order chi connectivity index (χ0) is 10.6. The minimum Gasteiger partial charge on any atom is -0.306 e. The van der Waals surface area contributed by atoms with E-state index in [0.717, 1.165) is 21.6 Å². The van der Waals surface area contributed by atoms with Gasteiger partial charge in [0.2, 0.25) is 0 Å². The van der Waals surface area contributed by atoms with Gasteiger partial charge >= 0.3 is 0 Å². The van der Waals surface area contributed by atoms with E-state index in [-0.39, 0.29) is 0 Å². The number of hydrogen-bond acceptors (Lipinski definition) is 1. The molecule has 3 heteroatoms. The zero-order valence-corrected chi connectivity index (χ0v) is 10.6. The van der Waals surface area contributed by atoms with Crippen LogP contribution in [0.15, 0.2) is 30.3 Å². The normalized spacial score (nSPS) is 12.2. The molecule has 0 aliphatic carbocycles. The van der Waals surface area contributed by atoms with E-state index in [0.29, 0.717) is 0 Å². The lowest BCUT2D eigenvalue weighted by Crippen LogP contribution is -2.10. The lowest BCUT2D eigenvalue weighted by atomic mass is 10.2. The molecule has 76 valence electrons. The Morgan fingerprint density at radius 1 is 1.43 bits per heavy atom. The molecule has 0 heterocycles. The van der Waals surface area contributed by atoms with Gasteiger partial charge in [-0.25, -0.2) is 0 Å². The second-order valence-corrected chi connectivity index (χ2v) is 4.56. The molecule has 0 saturated carbocycles. The van der Waals surface area contributed by atoms with Gasteiger partial charge in [-0.2, -0.15) is 0 Å². The van der Waals surface area contributed by atoms with Crippen LogP contribution in [0.4, 0.5) is 0 Å². The van der Waals surface area contributed by atoms with Crippen molar-refractivity contribution in [2.45, 2.75) is 0 Å². The summed E-state index contributed by atoms with van der Waals surface area (Å²) in [6.07, 6.45) is 2.10. The molecule has 0 radical (unpaired) electrons. The van der Waals surface area contributed by atoms with Crippen LogP contribution in [0.2, 0.25) is 5.02 Å². The van der Waals surface area contributed by atoms with Gasteiger partial charge in [0.1, 0.15) is 0 Å². The van der Waals surface area contributed by atoms with E-state index in [1.54, 1.807) is 0 Å². The van der Waals surface area contributed by atoms with Crippen LogP contribution >= 0.6 is 27.5 Å². The van der Waals surface area contributed by atoms with Gasteiger partial charge in [0, 0.05) is 21.6 Å².